The van der Waals surface area contributed by atoms with Gasteiger partial charge in [-0.1, -0.05) is 17.7 Å². The van der Waals surface area contributed by atoms with Gasteiger partial charge in [0.25, 0.3) is 0 Å². The Morgan fingerprint density at radius 3 is 2.89 bits per heavy atom. The number of halogens is 1. The molecule has 1 heterocycles. The van der Waals surface area contributed by atoms with Crippen molar-refractivity contribution in [2.75, 3.05) is 12.4 Å². The quantitative estimate of drug-likeness (QED) is 0.918. The average molecular weight is 260 g/mol. The maximum Gasteiger partial charge on any atom is 0.142 e. The Hall–Kier alpha value is -2.25. The maximum absolute atomic E-state index is 8.79. The van der Waals surface area contributed by atoms with Gasteiger partial charge in [0.2, 0.25) is 0 Å². The Kier molecular flexibility index (Phi) is 3.66. The van der Waals surface area contributed by atoms with Crippen LogP contribution in [-0.2, 0) is 0 Å². The zero-order chi connectivity index (χ0) is 13.0. The Labute approximate surface area is 110 Å². The second-order valence-corrected chi connectivity index (χ2v) is 3.93. The summed E-state index contributed by atoms with van der Waals surface area (Å²) in [5.41, 5.74) is 1.05. The van der Waals surface area contributed by atoms with Crippen molar-refractivity contribution < 1.29 is 4.74 Å². The topological polar surface area (TPSA) is 57.9 Å². The molecule has 0 fully saturated rings. The zero-order valence-electron chi connectivity index (χ0n) is 9.64. The van der Waals surface area contributed by atoms with E-state index in [2.05, 4.69) is 10.3 Å². The van der Waals surface area contributed by atoms with Crippen molar-refractivity contribution in [3.8, 4) is 11.8 Å². The van der Waals surface area contributed by atoms with Gasteiger partial charge in [-0.3, -0.25) is 0 Å². The molecule has 18 heavy (non-hydrogen) atoms. The van der Waals surface area contributed by atoms with Crippen LogP contribution in [-0.4, -0.2) is 12.1 Å². The molecule has 2 rings (SSSR count). The predicted octanol–water partition coefficient (Wildman–Crippen LogP) is 3.36. The number of anilines is 2. The van der Waals surface area contributed by atoms with Gasteiger partial charge in [0, 0.05) is 5.02 Å². The van der Waals surface area contributed by atoms with Crippen LogP contribution in [0.4, 0.5) is 11.5 Å². The van der Waals surface area contributed by atoms with Gasteiger partial charge in [-0.15, -0.1) is 0 Å². The van der Waals surface area contributed by atoms with Crippen molar-refractivity contribution >= 4 is 23.1 Å². The summed E-state index contributed by atoms with van der Waals surface area (Å²) in [7, 11) is 1.58. The lowest BCUT2D eigenvalue weighted by molar-refractivity contribution is 0.417. The minimum atomic E-state index is 0.348. The van der Waals surface area contributed by atoms with Crippen LogP contribution in [0.1, 0.15) is 5.69 Å². The SMILES string of the molecule is COc1ccc(Cl)cc1Nc1cccc(C#N)n1. The van der Waals surface area contributed by atoms with E-state index < -0.39 is 0 Å². The minimum Gasteiger partial charge on any atom is -0.495 e. The molecule has 0 atom stereocenters. The Balaban J connectivity index is 2.33. The first-order valence-corrected chi connectivity index (χ1v) is 5.58. The fraction of sp³-hybridized carbons (Fsp3) is 0.0769. The molecule has 1 N–H and O–H groups in total. The second kappa shape index (κ2) is 5.39. The highest BCUT2D eigenvalue weighted by Crippen LogP contribution is 2.29. The standard InChI is InChI=1S/C13H10ClN3O/c1-18-12-6-5-9(14)7-11(12)17-13-4-2-3-10(8-15)16-13/h2-7H,1H3,(H,16,17). The Bertz CT molecular complexity index is 607. The number of aromatic nitrogens is 1. The number of nitriles is 1. The summed E-state index contributed by atoms with van der Waals surface area (Å²) in [5, 5.41) is 12.4. The van der Waals surface area contributed by atoms with E-state index in [4.69, 9.17) is 21.6 Å². The molecule has 1 aromatic heterocycles. The van der Waals surface area contributed by atoms with Crippen molar-refractivity contribution in [3.63, 3.8) is 0 Å². The van der Waals surface area contributed by atoms with Gasteiger partial charge in [0.15, 0.2) is 0 Å². The third-order valence-electron chi connectivity index (χ3n) is 2.29. The number of pyridine rings is 1. The first kappa shape index (κ1) is 12.2. The molecule has 0 spiro atoms. The highest BCUT2D eigenvalue weighted by atomic mass is 35.5. The van der Waals surface area contributed by atoms with Gasteiger partial charge in [-0.05, 0) is 30.3 Å². The highest BCUT2D eigenvalue weighted by Gasteiger charge is 2.05. The molecule has 0 unspecified atom stereocenters. The fourth-order valence-corrected chi connectivity index (χ4v) is 1.65. The molecule has 0 bridgehead atoms. The molecule has 0 aliphatic heterocycles. The van der Waals surface area contributed by atoms with Gasteiger partial charge in [0.05, 0.1) is 12.8 Å². The normalized spacial score (nSPS) is 9.61. The number of rotatable bonds is 3. The summed E-state index contributed by atoms with van der Waals surface area (Å²) in [4.78, 5) is 4.12. The summed E-state index contributed by atoms with van der Waals surface area (Å²) in [5.74, 6) is 1.22. The zero-order valence-corrected chi connectivity index (χ0v) is 10.4. The molecule has 0 saturated carbocycles. The number of nitrogens with one attached hydrogen (secondary N) is 1. The number of benzene rings is 1. The number of hydrogen-bond acceptors (Lipinski definition) is 4. The van der Waals surface area contributed by atoms with Crippen LogP contribution < -0.4 is 10.1 Å². The van der Waals surface area contributed by atoms with E-state index in [1.807, 2.05) is 6.07 Å². The maximum atomic E-state index is 8.79. The van der Waals surface area contributed by atoms with E-state index >= 15 is 0 Å². The van der Waals surface area contributed by atoms with Crippen LogP contribution >= 0.6 is 11.6 Å². The summed E-state index contributed by atoms with van der Waals surface area (Å²) < 4.78 is 5.22. The van der Waals surface area contributed by atoms with E-state index in [0.717, 1.165) is 0 Å². The van der Waals surface area contributed by atoms with Crippen molar-refractivity contribution in [3.05, 3.63) is 47.1 Å². The molecular weight excluding hydrogens is 250 g/mol. The van der Waals surface area contributed by atoms with Crippen molar-refractivity contribution in [1.29, 1.82) is 5.26 Å². The van der Waals surface area contributed by atoms with E-state index in [0.29, 0.717) is 28.0 Å². The van der Waals surface area contributed by atoms with Crippen LogP contribution in [0.5, 0.6) is 5.75 Å². The molecule has 0 amide bonds. The largest absolute Gasteiger partial charge is 0.495 e. The van der Waals surface area contributed by atoms with Crippen LogP contribution in [0.25, 0.3) is 0 Å². The molecule has 90 valence electrons. The van der Waals surface area contributed by atoms with Crippen molar-refractivity contribution in [2.45, 2.75) is 0 Å². The number of methoxy groups -OCH3 is 1. The molecule has 1 aromatic carbocycles. The van der Waals surface area contributed by atoms with Gasteiger partial charge < -0.3 is 10.1 Å². The van der Waals surface area contributed by atoms with E-state index in [1.165, 1.54) is 0 Å². The lowest BCUT2D eigenvalue weighted by Crippen LogP contribution is -1.97. The van der Waals surface area contributed by atoms with Gasteiger partial charge in [-0.2, -0.15) is 5.26 Å². The number of nitrogens with zero attached hydrogens (tertiary/aromatic N) is 2. The molecule has 0 radical (unpaired) electrons. The third-order valence-corrected chi connectivity index (χ3v) is 2.52. The van der Waals surface area contributed by atoms with Crippen LogP contribution in [0, 0.1) is 11.3 Å². The predicted molar refractivity (Wildman–Crippen MR) is 70.2 cm³/mol. The molecule has 4 nitrogen and oxygen atoms in total. The summed E-state index contributed by atoms with van der Waals surface area (Å²) in [6.07, 6.45) is 0. The summed E-state index contributed by atoms with van der Waals surface area (Å²) >= 11 is 5.93. The smallest absolute Gasteiger partial charge is 0.142 e. The second-order valence-electron chi connectivity index (χ2n) is 3.49. The van der Waals surface area contributed by atoms with E-state index in [1.54, 1.807) is 43.5 Å². The van der Waals surface area contributed by atoms with Crippen molar-refractivity contribution in [1.82, 2.24) is 4.98 Å². The Morgan fingerprint density at radius 1 is 1.33 bits per heavy atom. The molecule has 0 aliphatic carbocycles. The van der Waals surface area contributed by atoms with Crippen LogP contribution in [0.3, 0.4) is 0 Å². The average Bonchev–Trinajstić information content (AvgIpc) is 2.39. The lowest BCUT2D eigenvalue weighted by Gasteiger charge is -2.10. The fourth-order valence-electron chi connectivity index (χ4n) is 1.48. The van der Waals surface area contributed by atoms with Gasteiger partial charge >= 0.3 is 0 Å². The molecule has 5 heteroatoms. The first-order chi connectivity index (χ1) is 8.72. The summed E-state index contributed by atoms with van der Waals surface area (Å²) in [6.45, 7) is 0. The molecule has 0 saturated heterocycles. The third kappa shape index (κ3) is 2.70. The Morgan fingerprint density at radius 2 is 2.17 bits per heavy atom. The van der Waals surface area contributed by atoms with Crippen molar-refractivity contribution in [2.24, 2.45) is 0 Å². The number of hydrogen-bond donors (Lipinski definition) is 1. The van der Waals surface area contributed by atoms with Gasteiger partial charge in [-0.25, -0.2) is 4.98 Å². The highest BCUT2D eigenvalue weighted by molar-refractivity contribution is 6.31. The first-order valence-electron chi connectivity index (χ1n) is 5.20. The van der Waals surface area contributed by atoms with E-state index in [9.17, 15) is 0 Å². The lowest BCUT2D eigenvalue weighted by atomic mass is 10.3. The van der Waals surface area contributed by atoms with Crippen LogP contribution in [0.15, 0.2) is 36.4 Å². The van der Waals surface area contributed by atoms with Gasteiger partial charge in [0.1, 0.15) is 23.3 Å². The van der Waals surface area contributed by atoms with E-state index in [-0.39, 0.29) is 0 Å². The molecule has 2 aromatic rings. The minimum absolute atomic E-state index is 0.348. The molecule has 0 aliphatic rings. The monoisotopic (exact) mass is 259 g/mol. The summed E-state index contributed by atoms with van der Waals surface area (Å²) in [6, 6.07) is 12.4. The number of ether oxygens (including phenoxy) is 1. The van der Waals surface area contributed by atoms with Crippen LogP contribution in [0.2, 0.25) is 5.02 Å². The molecular formula is C13H10ClN3O.